The van der Waals surface area contributed by atoms with Crippen LogP contribution in [0.25, 0.3) is 0 Å². The van der Waals surface area contributed by atoms with Crippen LogP contribution in [0.15, 0.2) is 36.5 Å². The third kappa shape index (κ3) is 2.61. The van der Waals surface area contributed by atoms with Crippen molar-refractivity contribution in [1.82, 2.24) is 9.97 Å². The molecule has 92 valence electrons. The highest BCUT2D eigenvalue weighted by Gasteiger charge is 2.07. The topological polar surface area (TPSA) is 105 Å². The Hall–Kier alpha value is -2.47. The highest BCUT2D eigenvalue weighted by Crippen LogP contribution is 2.22. The number of rotatable bonds is 4. The molecular formula is C12H12N4O2. The highest BCUT2D eigenvalue weighted by atomic mass is 16.5. The SMILES string of the molecule is N=C(N)c1ccnc(Oc2ccccc2CO)n1. The number of aliphatic hydroxyl groups excluding tert-OH is 1. The summed E-state index contributed by atoms with van der Waals surface area (Å²) in [4.78, 5) is 7.90. The standard InChI is InChI=1S/C12H12N4O2/c13-11(14)9-5-6-15-12(16-9)18-10-4-2-1-3-8(10)7-17/h1-6,17H,7H2,(H3,13,14). The highest BCUT2D eigenvalue weighted by molar-refractivity contribution is 5.92. The number of nitrogens with two attached hydrogens (primary N) is 1. The Balaban J connectivity index is 2.28. The molecule has 6 heteroatoms. The van der Waals surface area contributed by atoms with Gasteiger partial charge in [0.05, 0.1) is 6.61 Å². The van der Waals surface area contributed by atoms with Crippen LogP contribution in [0.4, 0.5) is 0 Å². The number of nitrogens with one attached hydrogen (secondary N) is 1. The molecule has 0 aliphatic rings. The largest absolute Gasteiger partial charge is 0.424 e. The van der Waals surface area contributed by atoms with Gasteiger partial charge in [0.2, 0.25) is 0 Å². The average Bonchev–Trinajstić information content (AvgIpc) is 2.39. The second-order valence-electron chi connectivity index (χ2n) is 3.51. The lowest BCUT2D eigenvalue weighted by molar-refractivity contribution is 0.275. The molecule has 0 aliphatic carbocycles. The summed E-state index contributed by atoms with van der Waals surface area (Å²) in [7, 11) is 0. The smallest absolute Gasteiger partial charge is 0.322 e. The molecule has 0 amide bonds. The maximum atomic E-state index is 9.16. The van der Waals surface area contributed by atoms with E-state index < -0.39 is 0 Å². The van der Waals surface area contributed by atoms with Gasteiger partial charge in [0.25, 0.3) is 0 Å². The molecule has 2 rings (SSSR count). The van der Waals surface area contributed by atoms with E-state index >= 15 is 0 Å². The van der Waals surface area contributed by atoms with Crippen LogP contribution in [0.2, 0.25) is 0 Å². The van der Waals surface area contributed by atoms with Crippen molar-refractivity contribution in [2.75, 3.05) is 0 Å². The number of amidine groups is 1. The van der Waals surface area contributed by atoms with E-state index in [1.807, 2.05) is 0 Å². The molecule has 0 radical (unpaired) electrons. The summed E-state index contributed by atoms with van der Waals surface area (Å²) in [5.74, 6) is 0.318. The Labute approximate surface area is 104 Å². The van der Waals surface area contributed by atoms with Gasteiger partial charge in [-0.15, -0.1) is 0 Å². The first kappa shape index (κ1) is 12.0. The van der Waals surface area contributed by atoms with E-state index in [1.165, 1.54) is 12.3 Å². The van der Waals surface area contributed by atoms with E-state index in [1.54, 1.807) is 24.3 Å². The van der Waals surface area contributed by atoms with Crippen LogP contribution in [-0.2, 0) is 6.61 Å². The van der Waals surface area contributed by atoms with Crippen LogP contribution in [0.5, 0.6) is 11.8 Å². The molecule has 0 saturated heterocycles. The van der Waals surface area contributed by atoms with Crippen molar-refractivity contribution in [3.8, 4) is 11.8 Å². The molecule has 0 bridgehead atoms. The number of nitrogen functional groups attached to an aromatic ring is 1. The van der Waals surface area contributed by atoms with Gasteiger partial charge in [-0.2, -0.15) is 4.98 Å². The van der Waals surface area contributed by atoms with Crippen molar-refractivity contribution in [1.29, 1.82) is 5.41 Å². The maximum absolute atomic E-state index is 9.16. The number of para-hydroxylation sites is 1. The molecule has 0 atom stereocenters. The van der Waals surface area contributed by atoms with Gasteiger partial charge in [0, 0.05) is 11.8 Å². The summed E-state index contributed by atoms with van der Waals surface area (Å²) >= 11 is 0. The zero-order chi connectivity index (χ0) is 13.0. The van der Waals surface area contributed by atoms with Gasteiger partial charge in [-0.05, 0) is 12.1 Å². The van der Waals surface area contributed by atoms with E-state index in [0.29, 0.717) is 17.0 Å². The van der Waals surface area contributed by atoms with Gasteiger partial charge in [0.15, 0.2) is 0 Å². The number of ether oxygens (including phenoxy) is 1. The minimum atomic E-state index is -0.155. The predicted molar refractivity (Wildman–Crippen MR) is 65.5 cm³/mol. The lowest BCUT2D eigenvalue weighted by Crippen LogP contribution is -2.13. The van der Waals surface area contributed by atoms with Gasteiger partial charge >= 0.3 is 6.01 Å². The lowest BCUT2D eigenvalue weighted by atomic mass is 10.2. The van der Waals surface area contributed by atoms with Crippen molar-refractivity contribution < 1.29 is 9.84 Å². The molecule has 1 heterocycles. The summed E-state index contributed by atoms with van der Waals surface area (Å²) in [5, 5.41) is 16.4. The fourth-order valence-electron chi connectivity index (χ4n) is 1.37. The minimum absolute atomic E-state index is 0.0867. The number of nitrogens with zero attached hydrogens (tertiary/aromatic N) is 2. The van der Waals surface area contributed by atoms with Crippen LogP contribution < -0.4 is 10.5 Å². The molecular weight excluding hydrogens is 232 g/mol. The minimum Gasteiger partial charge on any atom is -0.424 e. The monoisotopic (exact) mass is 244 g/mol. The van der Waals surface area contributed by atoms with Gasteiger partial charge in [-0.25, -0.2) is 4.98 Å². The Kier molecular flexibility index (Phi) is 3.49. The van der Waals surface area contributed by atoms with E-state index in [-0.39, 0.29) is 18.5 Å². The van der Waals surface area contributed by atoms with Crippen LogP contribution >= 0.6 is 0 Å². The number of hydrogen-bond acceptors (Lipinski definition) is 5. The second kappa shape index (κ2) is 5.24. The fourth-order valence-corrected chi connectivity index (χ4v) is 1.37. The van der Waals surface area contributed by atoms with Crippen molar-refractivity contribution in [2.45, 2.75) is 6.61 Å². The molecule has 4 N–H and O–H groups in total. The summed E-state index contributed by atoms with van der Waals surface area (Å²) in [6.07, 6.45) is 1.46. The molecule has 1 aromatic carbocycles. The molecule has 0 aliphatic heterocycles. The molecule has 18 heavy (non-hydrogen) atoms. The normalized spacial score (nSPS) is 10.1. The Morgan fingerprint density at radius 2 is 2.11 bits per heavy atom. The second-order valence-corrected chi connectivity index (χ2v) is 3.51. The first-order valence-corrected chi connectivity index (χ1v) is 5.25. The molecule has 6 nitrogen and oxygen atoms in total. The third-order valence-electron chi connectivity index (χ3n) is 2.25. The molecule has 1 aromatic heterocycles. The van der Waals surface area contributed by atoms with Crippen molar-refractivity contribution in [3.63, 3.8) is 0 Å². The van der Waals surface area contributed by atoms with Gasteiger partial charge < -0.3 is 15.6 Å². The van der Waals surface area contributed by atoms with Crippen molar-refractivity contribution in [2.24, 2.45) is 5.73 Å². The summed E-state index contributed by atoms with van der Waals surface area (Å²) in [6.45, 7) is -0.136. The Morgan fingerprint density at radius 1 is 1.33 bits per heavy atom. The van der Waals surface area contributed by atoms with E-state index in [9.17, 15) is 0 Å². The molecule has 0 saturated carbocycles. The summed E-state index contributed by atoms with van der Waals surface area (Å²) in [6, 6.07) is 8.63. The third-order valence-corrected chi connectivity index (χ3v) is 2.25. The van der Waals surface area contributed by atoms with Crippen LogP contribution in [-0.4, -0.2) is 20.9 Å². The molecule has 2 aromatic rings. The van der Waals surface area contributed by atoms with Crippen molar-refractivity contribution >= 4 is 5.84 Å². The Morgan fingerprint density at radius 3 is 2.83 bits per heavy atom. The van der Waals surface area contributed by atoms with Gasteiger partial charge in [0.1, 0.15) is 17.3 Å². The number of benzene rings is 1. The first-order chi connectivity index (χ1) is 8.70. The fraction of sp³-hybridized carbons (Fsp3) is 0.0833. The lowest BCUT2D eigenvalue weighted by Gasteiger charge is -2.08. The predicted octanol–water partition coefficient (Wildman–Crippen LogP) is 1.05. The number of hydrogen-bond donors (Lipinski definition) is 3. The van der Waals surface area contributed by atoms with E-state index in [0.717, 1.165) is 0 Å². The quantitative estimate of drug-likeness (QED) is 0.550. The van der Waals surface area contributed by atoms with Gasteiger partial charge in [-0.1, -0.05) is 18.2 Å². The molecule has 0 fully saturated rings. The molecule has 0 unspecified atom stereocenters. The van der Waals surface area contributed by atoms with Crippen LogP contribution in [0.1, 0.15) is 11.3 Å². The Bertz CT molecular complexity index is 572. The van der Waals surface area contributed by atoms with Gasteiger partial charge in [-0.3, -0.25) is 5.41 Å². The van der Waals surface area contributed by atoms with E-state index in [2.05, 4.69) is 9.97 Å². The zero-order valence-corrected chi connectivity index (χ0v) is 9.50. The van der Waals surface area contributed by atoms with Crippen molar-refractivity contribution in [3.05, 3.63) is 47.8 Å². The summed E-state index contributed by atoms with van der Waals surface area (Å²) < 4.78 is 5.46. The maximum Gasteiger partial charge on any atom is 0.322 e. The van der Waals surface area contributed by atoms with Crippen LogP contribution in [0, 0.1) is 5.41 Å². The molecule has 0 spiro atoms. The van der Waals surface area contributed by atoms with E-state index in [4.69, 9.17) is 21.0 Å². The average molecular weight is 244 g/mol. The summed E-state index contributed by atoms with van der Waals surface area (Å²) in [5.41, 5.74) is 6.26. The first-order valence-electron chi connectivity index (χ1n) is 5.25. The zero-order valence-electron chi connectivity index (χ0n) is 9.50. The number of aromatic nitrogens is 2. The van der Waals surface area contributed by atoms with Crippen LogP contribution in [0.3, 0.4) is 0 Å². The number of aliphatic hydroxyl groups is 1.